The highest BCUT2D eigenvalue weighted by Crippen LogP contribution is 2.24. The number of hydrogen-bond donors (Lipinski definition) is 1. The Labute approximate surface area is 125 Å². The number of halogens is 3. The molecule has 2 rings (SSSR count). The maximum atomic E-state index is 13.6. The molecule has 0 bridgehead atoms. The van der Waals surface area contributed by atoms with Gasteiger partial charge in [0.1, 0.15) is 5.69 Å². The number of anilines is 1. The Morgan fingerprint density at radius 1 is 1.14 bits per heavy atom. The standard InChI is InChI=1S/C13H7BrF2N2O3/c14-8-5-10(15)12(11(16)6-8)17-13(19)7-1-3-9(4-2-7)18(20)21/h1-6H,(H,17,19). The van der Waals surface area contributed by atoms with E-state index in [9.17, 15) is 23.7 Å². The molecule has 5 nitrogen and oxygen atoms in total. The zero-order valence-electron chi connectivity index (χ0n) is 10.3. The van der Waals surface area contributed by atoms with Crippen LogP contribution in [0, 0.1) is 21.7 Å². The molecule has 1 amide bonds. The molecule has 0 aliphatic rings. The Hall–Kier alpha value is -2.35. The number of nitro groups is 1. The number of non-ortho nitro benzene ring substituents is 1. The van der Waals surface area contributed by atoms with Gasteiger partial charge in [-0.25, -0.2) is 8.78 Å². The summed E-state index contributed by atoms with van der Waals surface area (Å²) < 4.78 is 27.4. The summed E-state index contributed by atoms with van der Waals surface area (Å²) in [6, 6.07) is 6.67. The van der Waals surface area contributed by atoms with E-state index in [2.05, 4.69) is 21.2 Å². The molecular formula is C13H7BrF2N2O3. The third-order valence-corrected chi connectivity index (χ3v) is 3.04. The van der Waals surface area contributed by atoms with Crippen LogP contribution in [0.2, 0.25) is 0 Å². The molecule has 0 aromatic heterocycles. The Morgan fingerprint density at radius 2 is 1.67 bits per heavy atom. The van der Waals surface area contributed by atoms with E-state index in [0.29, 0.717) is 0 Å². The van der Waals surface area contributed by atoms with E-state index >= 15 is 0 Å². The van der Waals surface area contributed by atoms with E-state index in [-0.39, 0.29) is 15.7 Å². The van der Waals surface area contributed by atoms with Crippen molar-refractivity contribution in [2.24, 2.45) is 0 Å². The molecule has 0 fully saturated rings. The molecule has 2 aromatic rings. The van der Waals surface area contributed by atoms with E-state index in [1.807, 2.05) is 0 Å². The van der Waals surface area contributed by atoms with E-state index in [1.165, 1.54) is 12.1 Å². The number of carbonyl (C=O) groups is 1. The van der Waals surface area contributed by atoms with Gasteiger partial charge in [0.15, 0.2) is 11.6 Å². The molecule has 0 aliphatic carbocycles. The van der Waals surface area contributed by atoms with Crippen LogP contribution in [0.15, 0.2) is 40.9 Å². The number of carbonyl (C=O) groups excluding carboxylic acids is 1. The predicted octanol–water partition coefficient (Wildman–Crippen LogP) is 3.89. The normalized spacial score (nSPS) is 10.2. The molecule has 108 valence electrons. The lowest BCUT2D eigenvalue weighted by Crippen LogP contribution is -2.14. The van der Waals surface area contributed by atoms with Crippen molar-refractivity contribution >= 4 is 33.2 Å². The molecule has 0 atom stereocenters. The predicted molar refractivity (Wildman–Crippen MR) is 75.1 cm³/mol. The van der Waals surface area contributed by atoms with Crippen LogP contribution >= 0.6 is 15.9 Å². The third-order valence-electron chi connectivity index (χ3n) is 2.59. The van der Waals surface area contributed by atoms with Gasteiger partial charge in [-0.05, 0) is 24.3 Å². The molecule has 0 aliphatic heterocycles. The molecule has 0 heterocycles. The van der Waals surface area contributed by atoms with Gasteiger partial charge in [-0.1, -0.05) is 15.9 Å². The maximum Gasteiger partial charge on any atom is 0.269 e. The SMILES string of the molecule is O=C(Nc1c(F)cc(Br)cc1F)c1ccc([N+](=O)[O-])cc1. The van der Waals surface area contributed by atoms with Gasteiger partial charge in [-0.3, -0.25) is 14.9 Å². The van der Waals surface area contributed by atoms with Crippen molar-refractivity contribution in [2.45, 2.75) is 0 Å². The Bertz CT molecular complexity index is 697. The highest BCUT2D eigenvalue weighted by molar-refractivity contribution is 9.10. The molecule has 1 N–H and O–H groups in total. The zero-order valence-corrected chi connectivity index (χ0v) is 11.9. The van der Waals surface area contributed by atoms with Crippen LogP contribution in [-0.2, 0) is 0 Å². The largest absolute Gasteiger partial charge is 0.317 e. The second-order valence-corrected chi connectivity index (χ2v) is 4.92. The average molecular weight is 357 g/mol. The minimum atomic E-state index is -0.933. The van der Waals surface area contributed by atoms with Gasteiger partial charge in [0.05, 0.1) is 4.92 Å². The summed E-state index contributed by atoms with van der Waals surface area (Å²) in [7, 11) is 0. The van der Waals surface area contributed by atoms with Gasteiger partial charge in [0.25, 0.3) is 11.6 Å². The first-order chi connectivity index (χ1) is 9.88. The highest BCUT2D eigenvalue weighted by Gasteiger charge is 2.15. The van der Waals surface area contributed by atoms with Gasteiger partial charge in [0, 0.05) is 22.2 Å². The molecule has 0 spiro atoms. The average Bonchev–Trinajstić information content (AvgIpc) is 2.42. The van der Waals surface area contributed by atoms with Crippen LogP contribution in [0.3, 0.4) is 0 Å². The van der Waals surface area contributed by atoms with Crippen molar-refractivity contribution in [3.8, 4) is 0 Å². The van der Waals surface area contributed by atoms with Crippen molar-refractivity contribution in [2.75, 3.05) is 5.32 Å². The van der Waals surface area contributed by atoms with Crippen LogP contribution in [0.1, 0.15) is 10.4 Å². The summed E-state index contributed by atoms with van der Waals surface area (Å²) in [5.41, 5.74) is -0.726. The van der Waals surface area contributed by atoms with E-state index < -0.39 is 28.2 Å². The summed E-state index contributed by atoms with van der Waals surface area (Å²) in [5.74, 6) is -2.64. The molecule has 0 unspecified atom stereocenters. The van der Waals surface area contributed by atoms with E-state index in [4.69, 9.17) is 0 Å². The van der Waals surface area contributed by atoms with E-state index in [1.54, 1.807) is 0 Å². The van der Waals surface area contributed by atoms with Crippen LogP contribution in [0.25, 0.3) is 0 Å². The molecular weight excluding hydrogens is 350 g/mol. The number of nitro benzene ring substituents is 1. The highest BCUT2D eigenvalue weighted by atomic mass is 79.9. The van der Waals surface area contributed by atoms with Crippen LogP contribution in [-0.4, -0.2) is 10.8 Å². The molecule has 21 heavy (non-hydrogen) atoms. The summed E-state index contributed by atoms with van der Waals surface area (Å²) in [6.45, 7) is 0. The Kier molecular flexibility index (Phi) is 4.27. The minimum Gasteiger partial charge on any atom is -0.317 e. The zero-order chi connectivity index (χ0) is 15.6. The summed E-state index contributed by atoms with van der Waals surface area (Å²) in [6.07, 6.45) is 0. The van der Waals surface area contributed by atoms with Crippen molar-refractivity contribution in [1.29, 1.82) is 0 Å². The van der Waals surface area contributed by atoms with Gasteiger partial charge in [-0.15, -0.1) is 0 Å². The molecule has 0 radical (unpaired) electrons. The number of amides is 1. The number of hydrogen-bond acceptors (Lipinski definition) is 3. The quantitative estimate of drug-likeness (QED) is 0.669. The number of rotatable bonds is 3. The van der Waals surface area contributed by atoms with Crippen LogP contribution in [0.5, 0.6) is 0 Å². The molecule has 0 saturated carbocycles. The van der Waals surface area contributed by atoms with Gasteiger partial charge in [0.2, 0.25) is 0 Å². The van der Waals surface area contributed by atoms with Gasteiger partial charge < -0.3 is 5.32 Å². The van der Waals surface area contributed by atoms with Crippen LogP contribution < -0.4 is 5.32 Å². The van der Waals surface area contributed by atoms with Gasteiger partial charge >= 0.3 is 0 Å². The third kappa shape index (κ3) is 3.40. The summed E-state index contributed by atoms with van der Waals surface area (Å²) in [5, 5.41) is 12.6. The first kappa shape index (κ1) is 15.0. The number of nitrogens with one attached hydrogen (secondary N) is 1. The first-order valence-corrected chi connectivity index (χ1v) is 6.38. The Balaban J connectivity index is 2.24. The van der Waals surface area contributed by atoms with Crippen LogP contribution in [0.4, 0.5) is 20.2 Å². The fourth-order valence-electron chi connectivity index (χ4n) is 1.58. The molecule has 2 aromatic carbocycles. The maximum absolute atomic E-state index is 13.6. The van der Waals surface area contributed by atoms with E-state index in [0.717, 1.165) is 24.3 Å². The second-order valence-electron chi connectivity index (χ2n) is 4.00. The first-order valence-electron chi connectivity index (χ1n) is 5.59. The van der Waals surface area contributed by atoms with Crippen molar-refractivity contribution < 1.29 is 18.5 Å². The van der Waals surface area contributed by atoms with Gasteiger partial charge in [-0.2, -0.15) is 0 Å². The fourth-order valence-corrected chi connectivity index (χ4v) is 1.98. The summed E-state index contributed by atoms with van der Waals surface area (Å²) >= 11 is 2.92. The molecule has 0 saturated heterocycles. The molecule has 8 heteroatoms. The second kappa shape index (κ2) is 5.96. The number of benzene rings is 2. The summed E-state index contributed by atoms with van der Waals surface area (Å²) in [4.78, 5) is 21.7. The smallest absolute Gasteiger partial charge is 0.269 e. The topological polar surface area (TPSA) is 72.2 Å². The van der Waals surface area contributed by atoms with Crippen molar-refractivity contribution in [3.63, 3.8) is 0 Å². The lowest BCUT2D eigenvalue weighted by atomic mass is 10.2. The fraction of sp³-hybridized carbons (Fsp3) is 0. The lowest BCUT2D eigenvalue weighted by Gasteiger charge is -2.08. The minimum absolute atomic E-state index is 0.0438. The Morgan fingerprint density at radius 3 is 2.14 bits per heavy atom. The lowest BCUT2D eigenvalue weighted by molar-refractivity contribution is -0.384. The number of nitrogens with zero attached hydrogens (tertiary/aromatic N) is 1. The van der Waals surface area contributed by atoms with Crippen molar-refractivity contribution in [3.05, 3.63) is 68.2 Å². The van der Waals surface area contributed by atoms with Crippen molar-refractivity contribution in [1.82, 2.24) is 0 Å². The monoisotopic (exact) mass is 356 g/mol.